The number of aryl methyl sites for hydroxylation is 2. The summed E-state index contributed by atoms with van der Waals surface area (Å²) in [5, 5.41) is 8.02. The number of rotatable bonds is 1. The van der Waals surface area contributed by atoms with Crippen molar-refractivity contribution < 1.29 is 4.79 Å². The molecule has 4 rings (SSSR count). The molecule has 2 aromatic carbocycles. The van der Waals surface area contributed by atoms with Crippen molar-refractivity contribution in [2.45, 2.75) is 19.8 Å². The van der Waals surface area contributed by atoms with E-state index < -0.39 is 11.7 Å². The second kappa shape index (κ2) is 6.83. The summed E-state index contributed by atoms with van der Waals surface area (Å²) in [6.07, 6.45) is 1.69. The number of benzene rings is 2. The number of hydrogen-bond donors (Lipinski definition) is 0. The SMILES string of the molecule is Cc1ccc2c(c1)CCCN2C(=O)n1nnn(-c2c(Cl)cccc2Cl)c1=O. The van der Waals surface area contributed by atoms with Crippen LogP contribution in [0.25, 0.3) is 5.69 Å². The third-order valence-electron chi connectivity index (χ3n) is 4.50. The van der Waals surface area contributed by atoms with Crippen molar-refractivity contribution in [3.8, 4) is 5.69 Å². The van der Waals surface area contributed by atoms with Crippen LogP contribution in [0.15, 0.2) is 41.2 Å². The highest BCUT2D eigenvalue weighted by Crippen LogP contribution is 2.29. The monoisotopic (exact) mass is 403 g/mol. The molecule has 0 N–H and O–H groups in total. The number of carbonyl (C=O) groups is 1. The van der Waals surface area contributed by atoms with Crippen molar-refractivity contribution in [3.05, 3.63) is 68.1 Å². The quantitative estimate of drug-likeness (QED) is 0.583. The maximum atomic E-state index is 13.0. The van der Waals surface area contributed by atoms with Crippen LogP contribution in [0.4, 0.5) is 10.5 Å². The zero-order valence-electron chi connectivity index (χ0n) is 14.4. The number of amides is 1. The lowest BCUT2D eigenvalue weighted by Crippen LogP contribution is -2.43. The van der Waals surface area contributed by atoms with Crippen molar-refractivity contribution >= 4 is 34.9 Å². The fourth-order valence-electron chi connectivity index (χ4n) is 3.24. The molecule has 3 aromatic rings. The molecular formula is C18H15Cl2N5O2. The molecule has 9 heteroatoms. The number of para-hydroxylation sites is 1. The summed E-state index contributed by atoms with van der Waals surface area (Å²) >= 11 is 12.3. The number of carbonyl (C=O) groups excluding carboxylic acids is 1. The van der Waals surface area contributed by atoms with E-state index in [1.807, 2.05) is 19.1 Å². The van der Waals surface area contributed by atoms with Crippen LogP contribution in [0.5, 0.6) is 0 Å². The van der Waals surface area contributed by atoms with E-state index in [0.717, 1.165) is 39.0 Å². The summed E-state index contributed by atoms with van der Waals surface area (Å²) in [6.45, 7) is 2.51. The van der Waals surface area contributed by atoms with Gasteiger partial charge < -0.3 is 0 Å². The van der Waals surface area contributed by atoms with E-state index in [1.165, 1.54) is 0 Å². The molecule has 0 radical (unpaired) electrons. The second-order valence-electron chi connectivity index (χ2n) is 6.33. The molecule has 27 heavy (non-hydrogen) atoms. The summed E-state index contributed by atoms with van der Waals surface area (Å²) < 4.78 is 1.66. The number of tetrazole rings is 1. The topological polar surface area (TPSA) is 73.0 Å². The van der Waals surface area contributed by atoms with Gasteiger partial charge in [-0.05, 0) is 54.0 Å². The van der Waals surface area contributed by atoms with Gasteiger partial charge in [-0.1, -0.05) is 47.0 Å². The fraction of sp³-hybridized carbons (Fsp3) is 0.222. The highest BCUT2D eigenvalue weighted by molar-refractivity contribution is 6.37. The molecule has 0 unspecified atom stereocenters. The fourth-order valence-corrected chi connectivity index (χ4v) is 3.79. The molecule has 0 saturated heterocycles. The molecule has 0 saturated carbocycles. The molecule has 7 nitrogen and oxygen atoms in total. The van der Waals surface area contributed by atoms with E-state index in [4.69, 9.17) is 23.2 Å². The summed E-state index contributed by atoms with van der Waals surface area (Å²) in [4.78, 5) is 27.3. The Bertz CT molecular complexity index is 1090. The van der Waals surface area contributed by atoms with Crippen molar-refractivity contribution in [3.63, 3.8) is 0 Å². The molecule has 1 aromatic heterocycles. The molecule has 0 aliphatic carbocycles. The molecule has 0 bridgehead atoms. The lowest BCUT2D eigenvalue weighted by molar-refractivity contribution is 0.243. The number of aromatic nitrogens is 4. The standard InChI is InChI=1S/C18H15Cl2N5O2/c1-11-7-8-15-12(10-11)4-3-9-23(15)17(26)25-18(27)24(21-22-25)16-13(19)5-2-6-14(16)20/h2,5-8,10H,3-4,9H2,1H3. The Labute approximate surface area is 164 Å². The van der Waals surface area contributed by atoms with Gasteiger partial charge in [-0.3, -0.25) is 4.90 Å². The van der Waals surface area contributed by atoms with Crippen LogP contribution in [-0.2, 0) is 6.42 Å². The Kier molecular flexibility index (Phi) is 4.49. The minimum Gasteiger partial charge on any atom is -0.292 e. The van der Waals surface area contributed by atoms with Crippen molar-refractivity contribution in [2.24, 2.45) is 0 Å². The highest BCUT2D eigenvalue weighted by Gasteiger charge is 2.27. The van der Waals surface area contributed by atoms with Crippen molar-refractivity contribution in [1.82, 2.24) is 19.8 Å². The Morgan fingerprint density at radius 2 is 1.85 bits per heavy atom. The molecule has 2 heterocycles. The van der Waals surface area contributed by atoms with Crippen LogP contribution in [-0.4, -0.2) is 32.4 Å². The van der Waals surface area contributed by atoms with Crippen molar-refractivity contribution in [1.29, 1.82) is 0 Å². The zero-order valence-corrected chi connectivity index (χ0v) is 15.9. The number of halogens is 2. The lowest BCUT2D eigenvalue weighted by Gasteiger charge is -2.28. The molecular weight excluding hydrogens is 389 g/mol. The first-order valence-corrected chi connectivity index (χ1v) is 9.14. The van der Waals surface area contributed by atoms with Gasteiger partial charge in [0.2, 0.25) is 0 Å². The first-order valence-electron chi connectivity index (χ1n) is 8.38. The van der Waals surface area contributed by atoms with Gasteiger partial charge in [0, 0.05) is 12.2 Å². The Balaban J connectivity index is 1.76. The molecule has 0 fully saturated rings. The van der Waals surface area contributed by atoms with E-state index in [2.05, 4.69) is 16.5 Å². The van der Waals surface area contributed by atoms with Crippen LogP contribution < -0.4 is 10.6 Å². The van der Waals surface area contributed by atoms with E-state index in [-0.39, 0.29) is 15.7 Å². The maximum absolute atomic E-state index is 13.0. The third-order valence-corrected chi connectivity index (χ3v) is 5.11. The zero-order chi connectivity index (χ0) is 19.1. The Morgan fingerprint density at radius 1 is 1.11 bits per heavy atom. The number of fused-ring (bicyclic) bond motifs is 1. The van der Waals surface area contributed by atoms with E-state index >= 15 is 0 Å². The van der Waals surface area contributed by atoms with Gasteiger partial charge in [0.25, 0.3) is 0 Å². The normalized spacial score (nSPS) is 13.5. The van der Waals surface area contributed by atoms with E-state index in [9.17, 15) is 9.59 Å². The van der Waals surface area contributed by atoms with Gasteiger partial charge in [-0.15, -0.1) is 4.68 Å². The molecule has 1 aliphatic heterocycles. The van der Waals surface area contributed by atoms with Gasteiger partial charge in [-0.25, -0.2) is 9.59 Å². The summed E-state index contributed by atoms with van der Waals surface area (Å²) in [5.74, 6) is 0. The summed E-state index contributed by atoms with van der Waals surface area (Å²) in [6, 6.07) is 10.1. The van der Waals surface area contributed by atoms with Gasteiger partial charge in [-0.2, -0.15) is 4.68 Å². The Hall–Kier alpha value is -2.64. The molecule has 138 valence electrons. The first-order chi connectivity index (χ1) is 13.0. The predicted octanol–water partition coefficient (Wildman–Crippen LogP) is 3.47. The number of hydrogen-bond acceptors (Lipinski definition) is 4. The van der Waals surface area contributed by atoms with Crippen LogP contribution >= 0.6 is 23.2 Å². The van der Waals surface area contributed by atoms with Crippen LogP contribution in [0, 0.1) is 6.92 Å². The van der Waals surface area contributed by atoms with Crippen LogP contribution in [0.2, 0.25) is 10.0 Å². The minimum atomic E-state index is -0.728. The highest BCUT2D eigenvalue weighted by atomic mass is 35.5. The predicted molar refractivity (Wildman–Crippen MR) is 103 cm³/mol. The van der Waals surface area contributed by atoms with Crippen LogP contribution in [0.1, 0.15) is 17.5 Å². The molecule has 1 amide bonds. The van der Waals surface area contributed by atoms with Gasteiger partial charge >= 0.3 is 11.7 Å². The summed E-state index contributed by atoms with van der Waals surface area (Å²) in [7, 11) is 0. The maximum Gasteiger partial charge on any atom is 0.377 e. The average molecular weight is 404 g/mol. The third kappa shape index (κ3) is 3.02. The van der Waals surface area contributed by atoms with E-state index in [0.29, 0.717) is 6.54 Å². The van der Waals surface area contributed by atoms with Gasteiger partial charge in [0.15, 0.2) is 0 Å². The van der Waals surface area contributed by atoms with E-state index in [1.54, 1.807) is 23.1 Å². The van der Waals surface area contributed by atoms with Gasteiger partial charge in [0.05, 0.1) is 10.0 Å². The van der Waals surface area contributed by atoms with Crippen molar-refractivity contribution in [2.75, 3.05) is 11.4 Å². The molecule has 0 spiro atoms. The van der Waals surface area contributed by atoms with Gasteiger partial charge in [0.1, 0.15) is 5.69 Å². The molecule has 1 aliphatic rings. The first kappa shape index (κ1) is 17.8. The molecule has 0 atom stereocenters. The largest absolute Gasteiger partial charge is 0.377 e. The summed E-state index contributed by atoms with van der Waals surface area (Å²) in [5.41, 5.74) is 2.45. The minimum absolute atomic E-state index is 0.194. The number of nitrogens with zero attached hydrogens (tertiary/aromatic N) is 5. The average Bonchev–Trinajstić information content (AvgIpc) is 3.01. The second-order valence-corrected chi connectivity index (χ2v) is 7.14. The lowest BCUT2D eigenvalue weighted by atomic mass is 10.00. The Morgan fingerprint density at radius 3 is 2.59 bits per heavy atom. The van der Waals surface area contributed by atoms with Crippen LogP contribution in [0.3, 0.4) is 0 Å². The smallest absolute Gasteiger partial charge is 0.292 e. The number of anilines is 1.